The summed E-state index contributed by atoms with van der Waals surface area (Å²) in [7, 11) is 3.43. The summed E-state index contributed by atoms with van der Waals surface area (Å²) in [5, 5.41) is 3.35. The van der Waals surface area contributed by atoms with Crippen LogP contribution in [0.5, 0.6) is 0 Å². The zero-order valence-corrected chi connectivity index (χ0v) is 14.9. The van der Waals surface area contributed by atoms with Crippen molar-refractivity contribution < 1.29 is 14.3 Å². The molecule has 1 aliphatic heterocycles. The van der Waals surface area contributed by atoms with Crippen LogP contribution in [-0.4, -0.2) is 61.9 Å². The summed E-state index contributed by atoms with van der Waals surface area (Å²) in [4.78, 5) is 18.0. The molecule has 0 saturated carbocycles. The fourth-order valence-electron chi connectivity index (χ4n) is 2.44. The Hall–Kier alpha value is -1.92. The second-order valence-electron chi connectivity index (χ2n) is 6.38. The number of ether oxygens (including phenoxy) is 2. The number of rotatable bonds is 6. The molecule has 2 heterocycles. The van der Waals surface area contributed by atoms with E-state index < -0.39 is 0 Å². The van der Waals surface area contributed by atoms with Gasteiger partial charge in [-0.25, -0.2) is 4.98 Å². The molecule has 0 bridgehead atoms. The minimum atomic E-state index is -0.116. The Kier molecular flexibility index (Phi) is 6.75. The second-order valence-corrected chi connectivity index (χ2v) is 6.38. The number of nitrogens with one attached hydrogen (secondary N) is 1. The molecule has 1 aromatic heterocycles. The average Bonchev–Trinajstić information content (AvgIpc) is 2.55. The molecule has 1 fully saturated rings. The maximum Gasteiger partial charge on any atom is 0.272 e. The molecule has 1 N–H and O–H groups in total. The highest BCUT2D eigenvalue weighted by molar-refractivity contribution is 5.92. The fraction of sp³-hybridized carbons (Fsp3) is 0.556. The molecule has 0 aliphatic carbocycles. The first-order valence-electron chi connectivity index (χ1n) is 8.25. The minimum Gasteiger partial charge on any atom is -0.379 e. The van der Waals surface area contributed by atoms with Crippen LogP contribution in [0.15, 0.2) is 29.8 Å². The molecule has 0 unspecified atom stereocenters. The van der Waals surface area contributed by atoms with E-state index in [0.717, 1.165) is 6.42 Å². The Labute approximate surface area is 143 Å². The number of anilines is 1. The van der Waals surface area contributed by atoms with Gasteiger partial charge in [0.1, 0.15) is 11.5 Å². The predicted molar refractivity (Wildman–Crippen MR) is 94.3 cm³/mol. The Morgan fingerprint density at radius 1 is 1.46 bits per heavy atom. The maximum absolute atomic E-state index is 12.0. The third-order valence-corrected chi connectivity index (χ3v) is 3.80. The SMILES string of the molecule is CC(C)=CCO[C@H]1CCOC[C@H]1Nc1cccc(C(=O)N(C)C)n1. The van der Waals surface area contributed by atoms with E-state index in [-0.39, 0.29) is 18.1 Å². The first kappa shape index (κ1) is 18.4. The summed E-state index contributed by atoms with van der Waals surface area (Å²) >= 11 is 0. The van der Waals surface area contributed by atoms with Crippen molar-refractivity contribution in [2.24, 2.45) is 0 Å². The van der Waals surface area contributed by atoms with Crippen LogP contribution in [0.3, 0.4) is 0 Å². The van der Waals surface area contributed by atoms with Crippen molar-refractivity contribution >= 4 is 11.7 Å². The first-order valence-corrected chi connectivity index (χ1v) is 8.25. The van der Waals surface area contributed by atoms with Crippen LogP contribution < -0.4 is 5.32 Å². The highest BCUT2D eigenvalue weighted by Crippen LogP contribution is 2.17. The topological polar surface area (TPSA) is 63.7 Å². The Bertz CT molecular complexity index is 583. The van der Waals surface area contributed by atoms with Crippen molar-refractivity contribution in [3.05, 3.63) is 35.5 Å². The number of carbonyl (C=O) groups is 1. The summed E-state index contributed by atoms with van der Waals surface area (Å²) in [5.74, 6) is 0.545. The van der Waals surface area contributed by atoms with Gasteiger partial charge in [-0.2, -0.15) is 0 Å². The molecule has 0 aromatic carbocycles. The van der Waals surface area contributed by atoms with Crippen LogP contribution in [0, 0.1) is 0 Å². The molecule has 1 amide bonds. The van der Waals surface area contributed by atoms with Gasteiger partial charge in [0.25, 0.3) is 5.91 Å². The van der Waals surface area contributed by atoms with Crippen molar-refractivity contribution in [2.75, 3.05) is 39.2 Å². The van der Waals surface area contributed by atoms with Crippen LogP contribution in [0.2, 0.25) is 0 Å². The standard InChI is InChI=1S/C18H27N3O3/c1-13(2)8-11-24-16-9-10-23-12-15(16)20-17-7-5-6-14(19-17)18(22)21(3)4/h5-8,15-16H,9-12H2,1-4H3,(H,19,20)/t15-,16+/m1/s1. The largest absolute Gasteiger partial charge is 0.379 e. The summed E-state index contributed by atoms with van der Waals surface area (Å²) < 4.78 is 11.5. The smallest absolute Gasteiger partial charge is 0.272 e. The van der Waals surface area contributed by atoms with Gasteiger partial charge in [0, 0.05) is 20.7 Å². The van der Waals surface area contributed by atoms with Gasteiger partial charge < -0.3 is 19.7 Å². The van der Waals surface area contributed by atoms with Gasteiger partial charge in [-0.1, -0.05) is 17.7 Å². The number of nitrogens with zero attached hydrogens (tertiary/aromatic N) is 2. The number of hydrogen-bond acceptors (Lipinski definition) is 5. The highest BCUT2D eigenvalue weighted by Gasteiger charge is 2.26. The molecule has 24 heavy (non-hydrogen) atoms. The van der Waals surface area contributed by atoms with Crippen molar-refractivity contribution in [3.63, 3.8) is 0 Å². The van der Waals surface area contributed by atoms with Crippen LogP contribution in [-0.2, 0) is 9.47 Å². The summed E-state index contributed by atoms with van der Waals surface area (Å²) in [5.41, 5.74) is 1.66. The molecule has 6 nitrogen and oxygen atoms in total. The van der Waals surface area contributed by atoms with E-state index in [9.17, 15) is 4.79 Å². The monoisotopic (exact) mass is 333 g/mol. The van der Waals surface area contributed by atoms with Crippen molar-refractivity contribution in [1.29, 1.82) is 0 Å². The van der Waals surface area contributed by atoms with E-state index in [1.54, 1.807) is 20.2 Å². The Morgan fingerprint density at radius 2 is 2.25 bits per heavy atom. The van der Waals surface area contributed by atoms with E-state index in [2.05, 4.69) is 30.2 Å². The van der Waals surface area contributed by atoms with Crippen molar-refractivity contribution in [3.8, 4) is 0 Å². The molecule has 132 valence electrons. The maximum atomic E-state index is 12.0. The van der Waals surface area contributed by atoms with E-state index in [0.29, 0.717) is 31.3 Å². The molecule has 2 atom stereocenters. The first-order chi connectivity index (χ1) is 11.5. The molecule has 1 aromatic rings. The molecule has 0 spiro atoms. The quantitative estimate of drug-likeness (QED) is 0.810. The third-order valence-electron chi connectivity index (χ3n) is 3.80. The summed E-state index contributed by atoms with van der Waals surface area (Å²) in [6.45, 7) is 5.97. The number of hydrogen-bond donors (Lipinski definition) is 1. The average molecular weight is 333 g/mol. The van der Waals surface area contributed by atoms with Gasteiger partial charge >= 0.3 is 0 Å². The molecule has 1 aliphatic rings. The lowest BCUT2D eigenvalue weighted by Gasteiger charge is -2.32. The second kappa shape index (κ2) is 8.80. The summed E-state index contributed by atoms with van der Waals surface area (Å²) in [6, 6.07) is 5.41. The van der Waals surface area contributed by atoms with Gasteiger partial charge in [0.2, 0.25) is 0 Å². The van der Waals surface area contributed by atoms with E-state index in [1.807, 2.05) is 12.1 Å². The number of allylic oxidation sites excluding steroid dienone is 1. The van der Waals surface area contributed by atoms with Gasteiger partial charge in [0.15, 0.2) is 0 Å². The number of amides is 1. The zero-order valence-electron chi connectivity index (χ0n) is 14.9. The highest BCUT2D eigenvalue weighted by atomic mass is 16.5. The summed E-state index contributed by atoms with van der Waals surface area (Å²) in [6.07, 6.45) is 2.97. The van der Waals surface area contributed by atoms with Gasteiger partial charge in [-0.15, -0.1) is 0 Å². The lowest BCUT2D eigenvalue weighted by atomic mass is 10.1. The van der Waals surface area contributed by atoms with Crippen LogP contribution >= 0.6 is 0 Å². The Morgan fingerprint density at radius 3 is 2.96 bits per heavy atom. The third kappa shape index (κ3) is 5.32. The van der Waals surface area contributed by atoms with Crippen LogP contribution in [0.25, 0.3) is 0 Å². The molecular weight excluding hydrogens is 306 g/mol. The molecular formula is C18H27N3O3. The molecule has 1 saturated heterocycles. The minimum absolute atomic E-state index is 0.0153. The van der Waals surface area contributed by atoms with E-state index >= 15 is 0 Å². The fourth-order valence-corrected chi connectivity index (χ4v) is 2.44. The van der Waals surface area contributed by atoms with Crippen molar-refractivity contribution in [2.45, 2.75) is 32.4 Å². The number of aromatic nitrogens is 1. The van der Waals surface area contributed by atoms with Gasteiger partial charge in [0.05, 0.1) is 25.4 Å². The number of pyridine rings is 1. The molecule has 6 heteroatoms. The van der Waals surface area contributed by atoms with Gasteiger partial charge in [-0.3, -0.25) is 4.79 Å². The van der Waals surface area contributed by atoms with Crippen LogP contribution in [0.1, 0.15) is 30.8 Å². The van der Waals surface area contributed by atoms with Gasteiger partial charge in [-0.05, 0) is 32.4 Å². The lowest BCUT2D eigenvalue weighted by Crippen LogP contribution is -2.44. The Balaban J connectivity index is 2.03. The van der Waals surface area contributed by atoms with E-state index in [1.165, 1.54) is 10.5 Å². The number of carbonyl (C=O) groups excluding carboxylic acids is 1. The van der Waals surface area contributed by atoms with Crippen LogP contribution in [0.4, 0.5) is 5.82 Å². The lowest BCUT2D eigenvalue weighted by molar-refractivity contribution is -0.0318. The molecule has 2 rings (SSSR count). The predicted octanol–water partition coefficient (Wildman–Crippen LogP) is 2.34. The normalized spacial score (nSPS) is 20.3. The molecule has 0 radical (unpaired) electrons. The van der Waals surface area contributed by atoms with E-state index in [4.69, 9.17) is 9.47 Å². The van der Waals surface area contributed by atoms with Crippen molar-refractivity contribution in [1.82, 2.24) is 9.88 Å². The zero-order chi connectivity index (χ0) is 17.5.